The van der Waals surface area contributed by atoms with Gasteiger partial charge in [0, 0.05) is 32.7 Å². The molecule has 1 N–H and O–H groups in total. The molecule has 0 bridgehead atoms. The Bertz CT molecular complexity index is 869. The summed E-state index contributed by atoms with van der Waals surface area (Å²) in [5, 5.41) is 12.7. The minimum atomic E-state index is -0.965. The first-order chi connectivity index (χ1) is 14.1. The van der Waals surface area contributed by atoms with Gasteiger partial charge in [0.15, 0.2) is 11.7 Å². The van der Waals surface area contributed by atoms with Crippen LogP contribution in [0.2, 0.25) is 0 Å². The van der Waals surface area contributed by atoms with E-state index in [0.29, 0.717) is 23.6 Å². The largest absolute Gasteiger partial charge is 0.355 e. The number of likely N-dealkylation sites (N-methyl/N-ethyl adjacent to an activating group) is 1. The summed E-state index contributed by atoms with van der Waals surface area (Å²) < 4.78 is 0. The number of hydrogen-bond acceptors (Lipinski definition) is 6. The van der Waals surface area contributed by atoms with Crippen LogP contribution in [0.1, 0.15) is 44.2 Å². The van der Waals surface area contributed by atoms with Crippen molar-refractivity contribution in [1.82, 2.24) is 20.2 Å². The highest BCUT2D eigenvalue weighted by atomic mass is 16.1. The number of carbonyl (C=O) groups is 1. The van der Waals surface area contributed by atoms with E-state index in [1.807, 2.05) is 24.3 Å². The number of piperazine rings is 1. The number of anilines is 1. The Labute approximate surface area is 172 Å². The third kappa shape index (κ3) is 5.21. The first-order valence-electron chi connectivity index (χ1n) is 10.5. The van der Waals surface area contributed by atoms with Crippen LogP contribution < -0.4 is 10.2 Å². The average molecular weight is 395 g/mol. The van der Waals surface area contributed by atoms with Gasteiger partial charge in [0.25, 0.3) is 0 Å². The smallest absolute Gasteiger partial charge is 0.243 e. The van der Waals surface area contributed by atoms with E-state index >= 15 is 0 Å². The van der Waals surface area contributed by atoms with Crippen molar-refractivity contribution in [3.63, 3.8) is 0 Å². The fourth-order valence-corrected chi connectivity index (χ4v) is 3.56. The van der Waals surface area contributed by atoms with Gasteiger partial charge < -0.3 is 15.1 Å². The Morgan fingerprint density at radius 3 is 2.48 bits per heavy atom. The van der Waals surface area contributed by atoms with Gasteiger partial charge in [0.2, 0.25) is 5.91 Å². The molecule has 0 saturated carbocycles. The molecule has 2 heterocycles. The van der Waals surface area contributed by atoms with Gasteiger partial charge in [0.05, 0.1) is 17.1 Å². The molecule has 0 unspecified atom stereocenters. The summed E-state index contributed by atoms with van der Waals surface area (Å²) in [6.45, 7) is 6.16. The third-order valence-electron chi connectivity index (χ3n) is 5.38. The fraction of sp³-hybridized carbons (Fsp3) is 0.545. The maximum absolute atomic E-state index is 12.8. The lowest BCUT2D eigenvalue weighted by molar-refractivity contribution is -0.121. The zero-order valence-corrected chi connectivity index (χ0v) is 17.4. The van der Waals surface area contributed by atoms with Gasteiger partial charge in [-0.25, -0.2) is 9.97 Å². The Hall–Kier alpha value is -2.72. The summed E-state index contributed by atoms with van der Waals surface area (Å²) in [7, 11) is 2.09. The SMILES string of the molecule is CCCCCCNC(=O)[C@H](C#N)c1nc2ccccc2nc1N1CCN(C)CC1. The summed E-state index contributed by atoms with van der Waals surface area (Å²) in [5.41, 5.74) is 1.94. The molecule has 29 heavy (non-hydrogen) atoms. The molecular weight excluding hydrogens is 364 g/mol. The average Bonchev–Trinajstić information content (AvgIpc) is 2.74. The molecular formula is C22H30N6O. The second-order valence-corrected chi connectivity index (χ2v) is 7.63. The first-order valence-corrected chi connectivity index (χ1v) is 10.5. The standard InChI is InChI=1S/C22H30N6O/c1-3-4-5-8-11-24-22(29)17(16-23)20-21(28-14-12-27(2)13-15-28)26-19-10-7-6-9-18(19)25-20/h6-7,9-10,17H,3-5,8,11-15H2,1-2H3,(H,24,29)/t17-/m1/s1. The number of nitriles is 1. The summed E-state index contributed by atoms with van der Waals surface area (Å²) >= 11 is 0. The second-order valence-electron chi connectivity index (χ2n) is 7.63. The molecule has 0 radical (unpaired) electrons. The van der Waals surface area contributed by atoms with Crippen molar-refractivity contribution < 1.29 is 4.79 Å². The van der Waals surface area contributed by atoms with Crippen molar-refractivity contribution in [1.29, 1.82) is 5.26 Å². The second kappa shape index (κ2) is 10.2. The van der Waals surface area contributed by atoms with Crippen LogP contribution in [0.5, 0.6) is 0 Å². The number of unbranched alkanes of at least 4 members (excludes halogenated alkanes) is 3. The van der Waals surface area contributed by atoms with Crippen LogP contribution in [0.25, 0.3) is 11.0 Å². The molecule has 0 aliphatic carbocycles. The van der Waals surface area contributed by atoms with Crippen LogP contribution in [0.3, 0.4) is 0 Å². The summed E-state index contributed by atoms with van der Waals surface area (Å²) in [4.78, 5) is 26.7. The molecule has 1 aromatic carbocycles. The molecule has 2 aromatic rings. The minimum absolute atomic E-state index is 0.288. The number of benzene rings is 1. The first kappa shape index (κ1) is 21.0. The monoisotopic (exact) mass is 394 g/mol. The minimum Gasteiger partial charge on any atom is -0.355 e. The molecule has 1 aliphatic heterocycles. The topological polar surface area (TPSA) is 85.1 Å². The Morgan fingerprint density at radius 1 is 1.14 bits per heavy atom. The molecule has 1 fully saturated rings. The Kier molecular flexibility index (Phi) is 7.36. The molecule has 1 aromatic heterocycles. The van der Waals surface area contributed by atoms with Crippen LogP contribution in [0, 0.1) is 11.3 Å². The molecule has 1 atom stereocenters. The van der Waals surface area contributed by atoms with Crippen LogP contribution >= 0.6 is 0 Å². The van der Waals surface area contributed by atoms with Crippen LogP contribution in [0.15, 0.2) is 24.3 Å². The molecule has 1 amide bonds. The van der Waals surface area contributed by atoms with Gasteiger partial charge in [-0.2, -0.15) is 5.26 Å². The van der Waals surface area contributed by atoms with E-state index < -0.39 is 5.92 Å². The predicted octanol–water partition coefficient (Wildman–Crippen LogP) is 2.69. The number of aromatic nitrogens is 2. The highest BCUT2D eigenvalue weighted by Gasteiger charge is 2.29. The van der Waals surface area contributed by atoms with Gasteiger partial charge >= 0.3 is 0 Å². The van der Waals surface area contributed by atoms with Crippen molar-refractivity contribution in [3.05, 3.63) is 30.0 Å². The molecule has 1 saturated heterocycles. The number of hydrogen-bond donors (Lipinski definition) is 1. The van der Waals surface area contributed by atoms with Gasteiger partial charge in [-0.05, 0) is 25.6 Å². The number of nitrogens with one attached hydrogen (secondary N) is 1. The maximum atomic E-state index is 12.8. The van der Waals surface area contributed by atoms with Crippen LogP contribution in [-0.2, 0) is 4.79 Å². The molecule has 154 valence electrons. The highest BCUT2D eigenvalue weighted by molar-refractivity contribution is 5.88. The van der Waals surface area contributed by atoms with E-state index in [0.717, 1.165) is 57.4 Å². The molecule has 7 nitrogen and oxygen atoms in total. The lowest BCUT2D eigenvalue weighted by Gasteiger charge is -2.34. The normalized spacial score (nSPS) is 15.8. The van der Waals surface area contributed by atoms with E-state index in [2.05, 4.69) is 35.2 Å². The molecule has 1 aliphatic rings. The number of nitrogens with zero attached hydrogens (tertiary/aromatic N) is 5. The van der Waals surface area contributed by atoms with Crippen LogP contribution in [-0.4, -0.2) is 60.5 Å². The molecule has 7 heteroatoms. The lowest BCUT2D eigenvalue weighted by atomic mass is 10.0. The number of carbonyl (C=O) groups excluding carboxylic acids is 1. The number of rotatable bonds is 8. The quantitative estimate of drug-likeness (QED) is 0.693. The van der Waals surface area contributed by atoms with E-state index in [1.54, 1.807) is 0 Å². The van der Waals surface area contributed by atoms with Gasteiger partial charge in [0.1, 0.15) is 5.69 Å². The summed E-state index contributed by atoms with van der Waals surface area (Å²) in [6, 6.07) is 9.78. The Balaban J connectivity index is 1.87. The summed E-state index contributed by atoms with van der Waals surface area (Å²) in [5.74, 6) is -0.596. The number of amides is 1. The zero-order chi connectivity index (χ0) is 20.6. The lowest BCUT2D eigenvalue weighted by Crippen LogP contribution is -2.45. The zero-order valence-electron chi connectivity index (χ0n) is 17.4. The molecule has 0 spiro atoms. The van der Waals surface area contributed by atoms with Crippen LogP contribution in [0.4, 0.5) is 5.82 Å². The van der Waals surface area contributed by atoms with Crippen molar-refractivity contribution in [2.24, 2.45) is 0 Å². The van der Waals surface area contributed by atoms with Crippen molar-refractivity contribution in [3.8, 4) is 6.07 Å². The van der Waals surface area contributed by atoms with E-state index in [4.69, 9.17) is 9.97 Å². The van der Waals surface area contributed by atoms with E-state index in [-0.39, 0.29) is 5.91 Å². The summed E-state index contributed by atoms with van der Waals surface area (Å²) in [6.07, 6.45) is 4.31. The third-order valence-corrected chi connectivity index (χ3v) is 5.38. The number of para-hydroxylation sites is 2. The van der Waals surface area contributed by atoms with E-state index in [1.165, 1.54) is 0 Å². The van der Waals surface area contributed by atoms with Crippen molar-refractivity contribution >= 4 is 22.8 Å². The van der Waals surface area contributed by atoms with E-state index in [9.17, 15) is 10.1 Å². The van der Waals surface area contributed by atoms with Gasteiger partial charge in [-0.3, -0.25) is 4.79 Å². The van der Waals surface area contributed by atoms with Gasteiger partial charge in [-0.15, -0.1) is 0 Å². The maximum Gasteiger partial charge on any atom is 0.243 e. The Morgan fingerprint density at radius 2 is 1.83 bits per heavy atom. The fourth-order valence-electron chi connectivity index (χ4n) is 3.56. The number of fused-ring (bicyclic) bond motifs is 1. The predicted molar refractivity (Wildman–Crippen MR) is 115 cm³/mol. The van der Waals surface area contributed by atoms with Crippen molar-refractivity contribution in [2.45, 2.75) is 38.5 Å². The molecule has 3 rings (SSSR count). The van der Waals surface area contributed by atoms with Gasteiger partial charge in [-0.1, -0.05) is 38.3 Å². The van der Waals surface area contributed by atoms with Crippen molar-refractivity contribution in [2.75, 3.05) is 44.7 Å². The highest BCUT2D eigenvalue weighted by Crippen LogP contribution is 2.28.